The molecule has 1 saturated heterocycles. The van der Waals surface area contributed by atoms with Crippen molar-refractivity contribution in [2.24, 2.45) is 0 Å². The fraction of sp³-hybridized carbons (Fsp3) is 0.318. The Bertz CT molecular complexity index is 1160. The molecule has 1 fully saturated rings. The van der Waals surface area contributed by atoms with Gasteiger partial charge >= 0.3 is 0 Å². The lowest BCUT2D eigenvalue weighted by atomic mass is 10.0. The lowest BCUT2D eigenvalue weighted by Crippen LogP contribution is -2.41. The van der Waals surface area contributed by atoms with Crippen molar-refractivity contribution in [1.29, 1.82) is 0 Å². The SMILES string of the molecule is COC1CCN(C(=O)c2cc(Cc3n[nH]c(=O)c4ccc(Br)cc34)ccc2F)CC1. The van der Waals surface area contributed by atoms with Crippen molar-refractivity contribution in [3.05, 3.63) is 73.9 Å². The Morgan fingerprint density at radius 3 is 2.73 bits per heavy atom. The molecule has 4 rings (SSSR count). The number of benzene rings is 2. The van der Waals surface area contributed by atoms with Crippen molar-refractivity contribution >= 4 is 32.6 Å². The molecular weight excluding hydrogens is 453 g/mol. The second-order valence-electron chi connectivity index (χ2n) is 7.41. The molecule has 1 aliphatic heterocycles. The van der Waals surface area contributed by atoms with Gasteiger partial charge in [-0.05, 0) is 48.7 Å². The van der Waals surface area contributed by atoms with Crippen LogP contribution in [0.1, 0.15) is 34.5 Å². The summed E-state index contributed by atoms with van der Waals surface area (Å²) in [7, 11) is 1.67. The second-order valence-corrected chi connectivity index (χ2v) is 8.32. The first-order chi connectivity index (χ1) is 14.5. The number of halogens is 2. The highest BCUT2D eigenvalue weighted by atomic mass is 79.9. The van der Waals surface area contributed by atoms with E-state index in [0.29, 0.717) is 36.0 Å². The summed E-state index contributed by atoms with van der Waals surface area (Å²) in [5.41, 5.74) is 1.18. The molecule has 6 nitrogen and oxygen atoms in total. The van der Waals surface area contributed by atoms with Gasteiger partial charge in [0.1, 0.15) is 5.82 Å². The van der Waals surface area contributed by atoms with Crippen LogP contribution >= 0.6 is 15.9 Å². The van der Waals surface area contributed by atoms with E-state index < -0.39 is 5.82 Å². The molecule has 3 aromatic rings. The Kier molecular flexibility index (Phi) is 5.97. The first-order valence-corrected chi connectivity index (χ1v) is 10.5. The van der Waals surface area contributed by atoms with Crippen LogP contribution in [0, 0.1) is 5.82 Å². The van der Waals surface area contributed by atoms with Gasteiger partial charge in [0.15, 0.2) is 0 Å². The van der Waals surface area contributed by atoms with E-state index in [1.165, 1.54) is 6.07 Å². The zero-order chi connectivity index (χ0) is 21.3. The highest BCUT2D eigenvalue weighted by molar-refractivity contribution is 9.10. The predicted molar refractivity (Wildman–Crippen MR) is 115 cm³/mol. The summed E-state index contributed by atoms with van der Waals surface area (Å²) in [6, 6.07) is 9.89. The first-order valence-electron chi connectivity index (χ1n) is 9.73. The third-order valence-corrected chi connectivity index (χ3v) is 6.02. The number of hydrogen-bond donors (Lipinski definition) is 1. The van der Waals surface area contributed by atoms with E-state index >= 15 is 0 Å². The summed E-state index contributed by atoms with van der Waals surface area (Å²) in [5, 5.41) is 7.94. The lowest BCUT2D eigenvalue weighted by molar-refractivity contribution is 0.0348. The minimum Gasteiger partial charge on any atom is -0.381 e. The molecule has 1 aliphatic rings. The van der Waals surface area contributed by atoms with E-state index in [2.05, 4.69) is 26.1 Å². The molecule has 1 amide bonds. The van der Waals surface area contributed by atoms with E-state index in [1.807, 2.05) is 6.07 Å². The number of H-pyrrole nitrogens is 1. The lowest BCUT2D eigenvalue weighted by Gasteiger charge is -2.31. The van der Waals surface area contributed by atoms with Gasteiger partial charge in [-0.3, -0.25) is 9.59 Å². The van der Waals surface area contributed by atoms with Crippen molar-refractivity contribution in [2.75, 3.05) is 20.2 Å². The topological polar surface area (TPSA) is 75.3 Å². The standard InChI is InChI=1S/C22H21BrFN3O3/c1-30-15-6-8-27(9-7-15)22(29)18-10-13(2-5-19(18)24)11-20-17-12-14(23)3-4-16(17)21(28)26-25-20/h2-5,10,12,15H,6-9,11H2,1H3,(H,26,28). The molecule has 156 valence electrons. The van der Waals surface area contributed by atoms with Crippen LogP contribution in [0.3, 0.4) is 0 Å². The van der Waals surface area contributed by atoms with Crippen molar-refractivity contribution in [3.63, 3.8) is 0 Å². The molecule has 1 aromatic heterocycles. The van der Waals surface area contributed by atoms with E-state index in [4.69, 9.17) is 4.74 Å². The van der Waals surface area contributed by atoms with Crippen LogP contribution in [0.25, 0.3) is 10.8 Å². The van der Waals surface area contributed by atoms with Gasteiger partial charge in [-0.1, -0.05) is 22.0 Å². The minimum absolute atomic E-state index is 0.0540. The van der Waals surface area contributed by atoms with Crippen molar-refractivity contribution in [2.45, 2.75) is 25.4 Å². The summed E-state index contributed by atoms with van der Waals surface area (Å²) >= 11 is 3.42. The zero-order valence-corrected chi connectivity index (χ0v) is 18.0. The zero-order valence-electron chi connectivity index (χ0n) is 16.5. The minimum atomic E-state index is -0.542. The molecule has 0 spiro atoms. The van der Waals surface area contributed by atoms with Crippen LogP contribution in [0.2, 0.25) is 0 Å². The van der Waals surface area contributed by atoms with Gasteiger partial charge in [-0.25, -0.2) is 9.49 Å². The maximum Gasteiger partial charge on any atom is 0.272 e. The predicted octanol–water partition coefficient (Wildman–Crippen LogP) is 3.67. The molecule has 0 unspecified atom stereocenters. The summed E-state index contributed by atoms with van der Waals surface area (Å²) < 4.78 is 20.6. The maximum absolute atomic E-state index is 14.5. The van der Waals surface area contributed by atoms with Crippen LogP contribution in [0.4, 0.5) is 4.39 Å². The molecular formula is C22H21BrFN3O3. The number of fused-ring (bicyclic) bond motifs is 1. The molecule has 8 heteroatoms. The number of carbonyl (C=O) groups is 1. The smallest absolute Gasteiger partial charge is 0.272 e. The van der Waals surface area contributed by atoms with E-state index in [9.17, 15) is 14.0 Å². The quantitative estimate of drug-likeness (QED) is 0.627. The highest BCUT2D eigenvalue weighted by Gasteiger charge is 2.25. The number of methoxy groups -OCH3 is 1. The fourth-order valence-corrected chi connectivity index (χ4v) is 4.19. The number of ether oxygens (including phenoxy) is 1. The number of hydrogen-bond acceptors (Lipinski definition) is 4. The maximum atomic E-state index is 14.5. The Balaban J connectivity index is 1.62. The molecule has 0 bridgehead atoms. The van der Waals surface area contributed by atoms with Gasteiger partial charge in [0.2, 0.25) is 0 Å². The third kappa shape index (κ3) is 4.15. The second kappa shape index (κ2) is 8.65. The highest BCUT2D eigenvalue weighted by Crippen LogP contribution is 2.23. The number of nitrogens with zero attached hydrogens (tertiary/aromatic N) is 2. The van der Waals surface area contributed by atoms with Crippen LogP contribution in [0.15, 0.2) is 45.7 Å². The summed E-state index contributed by atoms with van der Waals surface area (Å²) in [6.07, 6.45) is 1.98. The molecule has 2 heterocycles. The van der Waals surface area contributed by atoms with E-state index in [-0.39, 0.29) is 23.1 Å². The third-order valence-electron chi connectivity index (χ3n) is 5.52. The van der Waals surface area contributed by atoms with Gasteiger partial charge in [0.05, 0.1) is 22.7 Å². The first kappa shape index (κ1) is 20.7. The van der Waals surface area contributed by atoms with Gasteiger partial charge in [0.25, 0.3) is 11.5 Å². The van der Waals surface area contributed by atoms with Crippen LogP contribution in [0.5, 0.6) is 0 Å². The van der Waals surface area contributed by atoms with Crippen molar-refractivity contribution in [3.8, 4) is 0 Å². The average molecular weight is 474 g/mol. The Morgan fingerprint density at radius 1 is 1.23 bits per heavy atom. The number of rotatable bonds is 4. The normalized spacial score (nSPS) is 15.0. The fourth-order valence-electron chi connectivity index (χ4n) is 3.83. The van der Waals surface area contributed by atoms with Gasteiger partial charge in [-0.15, -0.1) is 0 Å². The number of aromatic nitrogens is 2. The Labute approximate surface area is 181 Å². The molecule has 0 aliphatic carbocycles. The van der Waals surface area contributed by atoms with Crippen LogP contribution in [-0.2, 0) is 11.2 Å². The molecule has 0 saturated carbocycles. The number of nitrogens with one attached hydrogen (secondary N) is 1. The summed E-state index contributed by atoms with van der Waals surface area (Å²) in [5.74, 6) is -0.856. The molecule has 1 N–H and O–H groups in total. The van der Waals surface area contributed by atoms with E-state index in [0.717, 1.165) is 22.9 Å². The Morgan fingerprint density at radius 2 is 2.00 bits per heavy atom. The number of likely N-dealkylation sites (tertiary alicyclic amines) is 1. The largest absolute Gasteiger partial charge is 0.381 e. The summed E-state index contributed by atoms with van der Waals surface area (Å²) in [6.45, 7) is 1.09. The molecule has 0 radical (unpaired) electrons. The number of piperidine rings is 1. The average Bonchev–Trinajstić information content (AvgIpc) is 2.76. The summed E-state index contributed by atoms with van der Waals surface area (Å²) in [4.78, 5) is 26.6. The van der Waals surface area contributed by atoms with Gasteiger partial charge < -0.3 is 9.64 Å². The van der Waals surface area contributed by atoms with Crippen LogP contribution < -0.4 is 5.56 Å². The van der Waals surface area contributed by atoms with Gasteiger partial charge in [-0.2, -0.15) is 5.10 Å². The van der Waals surface area contributed by atoms with Crippen LogP contribution in [-0.4, -0.2) is 47.3 Å². The molecule has 2 aromatic carbocycles. The Hall–Kier alpha value is -2.58. The molecule has 0 atom stereocenters. The van der Waals surface area contributed by atoms with E-state index in [1.54, 1.807) is 36.3 Å². The number of carbonyl (C=O) groups excluding carboxylic acids is 1. The van der Waals surface area contributed by atoms with Crippen molar-refractivity contribution in [1.82, 2.24) is 15.1 Å². The monoisotopic (exact) mass is 473 g/mol. The number of aromatic amines is 1. The van der Waals surface area contributed by atoms with Crippen molar-refractivity contribution < 1.29 is 13.9 Å². The van der Waals surface area contributed by atoms with Gasteiger partial charge in [0, 0.05) is 36.5 Å². The molecule has 30 heavy (non-hydrogen) atoms. The number of amides is 1.